The first-order valence-electron chi connectivity index (χ1n) is 21.1. The highest BCUT2D eigenvalue weighted by Crippen LogP contribution is 2.44. The van der Waals surface area contributed by atoms with E-state index in [1.165, 1.54) is 4.90 Å². The van der Waals surface area contributed by atoms with E-state index in [1.54, 1.807) is 42.5 Å². The molecule has 2 nitrogen and oxygen atoms in total. The minimum Gasteiger partial charge on any atom is -0.455 e. The van der Waals surface area contributed by atoms with Gasteiger partial charge in [-0.1, -0.05) is 152 Å². The molecule has 52 heavy (non-hydrogen) atoms. The molecule has 0 spiro atoms. The maximum Gasteiger partial charge on any atom is 0.143 e. The van der Waals surface area contributed by atoms with Crippen molar-refractivity contribution in [3.63, 3.8) is 0 Å². The van der Waals surface area contributed by atoms with Gasteiger partial charge in [0.25, 0.3) is 0 Å². The molecular formula is C50H33NO. The number of benzene rings is 9. The molecule has 244 valence electrons. The van der Waals surface area contributed by atoms with Crippen molar-refractivity contribution in [1.29, 1.82) is 0 Å². The van der Waals surface area contributed by atoms with Gasteiger partial charge in [-0.05, 0) is 92.4 Å². The van der Waals surface area contributed by atoms with Crippen LogP contribution in [0.5, 0.6) is 0 Å². The predicted octanol–water partition coefficient (Wildman–Crippen LogP) is 14.4. The van der Waals surface area contributed by atoms with E-state index in [1.807, 2.05) is 103 Å². The van der Waals surface area contributed by atoms with Crippen molar-refractivity contribution in [3.8, 4) is 33.4 Å². The molecule has 0 saturated heterocycles. The zero-order valence-corrected chi connectivity index (χ0v) is 27.8. The number of anilines is 3. The van der Waals surface area contributed by atoms with Crippen molar-refractivity contribution in [2.75, 3.05) is 4.90 Å². The van der Waals surface area contributed by atoms with Crippen LogP contribution in [0.1, 0.15) is 11.0 Å². The Kier molecular flexibility index (Phi) is 5.45. The molecule has 0 N–H and O–H groups in total. The van der Waals surface area contributed by atoms with Gasteiger partial charge in [-0.25, -0.2) is 0 Å². The van der Waals surface area contributed by atoms with Crippen LogP contribution < -0.4 is 4.90 Å². The molecule has 0 saturated carbocycles. The molecule has 9 aromatic carbocycles. The SMILES string of the molecule is [2H]c1c([2H])c(N(c2ccccc2-c2ccc3c(c2)oc2c4ccccc4ccc32)c2c([2H])c([2H])c(-c3cccc4ccccc34)c([2H])c2[2H])c([2H])c([2H])c1-c1ccccc1. The number of hydrogen-bond acceptors (Lipinski definition) is 2. The second-order valence-electron chi connectivity index (χ2n) is 12.7. The lowest BCUT2D eigenvalue weighted by molar-refractivity contribution is 0.673. The summed E-state index contributed by atoms with van der Waals surface area (Å²) in [6.45, 7) is 0. The molecule has 10 rings (SSSR count). The van der Waals surface area contributed by atoms with Gasteiger partial charge in [-0.2, -0.15) is 0 Å². The molecule has 1 heterocycles. The van der Waals surface area contributed by atoms with Crippen LogP contribution in [0.3, 0.4) is 0 Å². The summed E-state index contributed by atoms with van der Waals surface area (Å²) in [6, 6.07) is 44.2. The Morgan fingerprint density at radius 2 is 0.981 bits per heavy atom. The molecule has 0 aliphatic rings. The van der Waals surface area contributed by atoms with Gasteiger partial charge in [0, 0.05) is 33.1 Å². The van der Waals surface area contributed by atoms with Crippen molar-refractivity contribution in [2.24, 2.45) is 0 Å². The Balaban J connectivity index is 1.25. The summed E-state index contributed by atoms with van der Waals surface area (Å²) in [6.07, 6.45) is 0. The summed E-state index contributed by atoms with van der Waals surface area (Å²) in [7, 11) is 0. The van der Waals surface area contributed by atoms with Gasteiger partial charge in [0.15, 0.2) is 0 Å². The lowest BCUT2D eigenvalue weighted by Crippen LogP contribution is -2.11. The normalized spacial score (nSPS) is 13.6. The maximum atomic E-state index is 9.63. The van der Waals surface area contributed by atoms with E-state index in [2.05, 4.69) is 6.07 Å². The fourth-order valence-corrected chi connectivity index (χ4v) is 7.10. The molecule has 0 atom stereocenters. The smallest absolute Gasteiger partial charge is 0.143 e. The van der Waals surface area contributed by atoms with Crippen LogP contribution in [0.2, 0.25) is 0 Å². The van der Waals surface area contributed by atoms with Gasteiger partial charge >= 0.3 is 0 Å². The molecule has 10 aromatic rings. The summed E-state index contributed by atoms with van der Waals surface area (Å²) >= 11 is 0. The average molecular weight is 672 g/mol. The third kappa shape index (κ3) is 5.12. The lowest BCUT2D eigenvalue weighted by Gasteiger charge is -2.28. The molecule has 0 radical (unpaired) electrons. The first kappa shape index (κ1) is 22.7. The topological polar surface area (TPSA) is 16.4 Å². The minimum atomic E-state index is -0.405. The minimum absolute atomic E-state index is 0.108. The second kappa shape index (κ2) is 12.5. The molecule has 0 fully saturated rings. The van der Waals surface area contributed by atoms with Crippen LogP contribution >= 0.6 is 0 Å². The number of para-hydroxylation sites is 1. The van der Waals surface area contributed by atoms with E-state index in [0.717, 1.165) is 37.9 Å². The number of hydrogen-bond donors (Lipinski definition) is 0. The largest absolute Gasteiger partial charge is 0.455 e. The fraction of sp³-hybridized carbons (Fsp3) is 0. The van der Waals surface area contributed by atoms with Crippen molar-refractivity contribution in [2.45, 2.75) is 0 Å². The van der Waals surface area contributed by atoms with Gasteiger partial charge in [0.1, 0.15) is 11.2 Å². The molecule has 0 bridgehead atoms. The molecule has 0 aliphatic carbocycles. The molecule has 0 amide bonds. The summed E-state index contributed by atoms with van der Waals surface area (Å²) in [5.41, 5.74) is 3.79. The number of rotatable bonds is 6. The zero-order valence-electron chi connectivity index (χ0n) is 35.8. The Bertz CT molecular complexity index is 3320. The first-order valence-corrected chi connectivity index (χ1v) is 17.1. The van der Waals surface area contributed by atoms with Crippen LogP contribution in [0.15, 0.2) is 204 Å². The average Bonchev–Trinajstić information content (AvgIpc) is 3.66. The van der Waals surface area contributed by atoms with E-state index in [9.17, 15) is 11.0 Å². The zero-order chi connectivity index (χ0) is 41.4. The van der Waals surface area contributed by atoms with E-state index < -0.39 is 24.2 Å². The standard InChI is InChI=1S/C50H33NO/c1-2-11-34(12-3-1)35-21-27-40(28-22-35)51(41-29-23-38(24-30-41)43-19-10-15-36-13-4-6-16-42(36)43)48-20-9-8-17-44(48)39-26-31-46-47-32-25-37-14-5-7-18-45(37)50(47)52-49(46)33-39/h1-33H/i21D,22D,23D,24D,27D,28D,29D,30D. The highest BCUT2D eigenvalue weighted by Gasteiger charge is 2.19. The van der Waals surface area contributed by atoms with Crippen LogP contribution in [0, 0.1) is 0 Å². The van der Waals surface area contributed by atoms with E-state index in [4.69, 9.17) is 4.42 Å². The van der Waals surface area contributed by atoms with Crippen molar-refractivity contribution < 1.29 is 15.4 Å². The number of furan rings is 1. The fourth-order valence-electron chi connectivity index (χ4n) is 7.10. The van der Waals surface area contributed by atoms with Crippen LogP contribution in [0.25, 0.3) is 76.9 Å². The van der Waals surface area contributed by atoms with Crippen molar-refractivity contribution in [1.82, 2.24) is 0 Å². The molecular weight excluding hydrogens is 631 g/mol. The summed E-state index contributed by atoms with van der Waals surface area (Å²) < 4.78 is 82.3. The Hall–Kier alpha value is -6.90. The third-order valence-corrected chi connectivity index (χ3v) is 9.61. The molecule has 2 heteroatoms. The summed E-state index contributed by atoms with van der Waals surface area (Å²) in [5, 5.41) is 5.55. The predicted molar refractivity (Wildman–Crippen MR) is 220 cm³/mol. The van der Waals surface area contributed by atoms with Gasteiger partial charge in [0.2, 0.25) is 0 Å². The van der Waals surface area contributed by atoms with Crippen LogP contribution in [0.4, 0.5) is 17.1 Å². The highest BCUT2D eigenvalue weighted by atomic mass is 16.3. The second-order valence-corrected chi connectivity index (χ2v) is 12.7. The monoisotopic (exact) mass is 671 g/mol. The maximum absolute atomic E-state index is 9.63. The highest BCUT2D eigenvalue weighted by molar-refractivity contribution is 6.15. The van der Waals surface area contributed by atoms with Crippen LogP contribution in [-0.2, 0) is 0 Å². The Morgan fingerprint density at radius 3 is 1.77 bits per heavy atom. The third-order valence-electron chi connectivity index (χ3n) is 9.61. The molecule has 1 aromatic heterocycles. The van der Waals surface area contributed by atoms with Crippen molar-refractivity contribution in [3.05, 3.63) is 200 Å². The van der Waals surface area contributed by atoms with Gasteiger partial charge in [0.05, 0.1) is 16.7 Å². The number of fused-ring (bicyclic) bond motifs is 6. The quantitative estimate of drug-likeness (QED) is 0.175. The lowest BCUT2D eigenvalue weighted by atomic mass is 9.97. The molecule has 0 unspecified atom stereocenters. The van der Waals surface area contributed by atoms with Crippen LogP contribution in [-0.4, -0.2) is 0 Å². The summed E-state index contributed by atoms with van der Waals surface area (Å²) in [5.74, 6) is 0. The first-order chi connectivity index (χ1) is 29.1. The van der Waals surface area contributed by atoms with Gasteiger partial charge in [-0.15, -0.1) is 0 Å². The Morgan fingerprint density at radius 1 is 0.385 bits per heavy atom. The van der Waals surface area contributed by atoms with Crippen molar-refractivity contribution >= 4 is 60.5 Å². The Labute approximate surface area is 313 Å². The van der Waals surface area contributed by atoms with Gasteiger partial charge < -0.3 is 9.32 Å². The van der Waals surface area contributed by atoms with E-state index in [0.29, 0.717) is 33.5 Å². The van der Waals surface area contributed by atoms with E-state index >= 15 is 0 Å². The van der Waals surface area contributed by atoms with Gasteiger partial charge in [-0.3, -0.25) is 0 Å². The summed E-state index contributed by atoms with van der Waals surface area (Å²) in [4.78, 5) is 1.37. The number of nitrogens with zero attached hydrogens (tertiary/aromatic N) is 1. The molecule has 0 aliphatic heterocycles. The van der Waals surface area contributed by atoms with E-state index in [-0.39, 0.29) is 46.7 Å².